The van der Waals surface area contributed by atoms with Gasteiger partial charge in [0.15, 0.2) is 0 Å². The van der Waals surface area contributed by atoms with Gasteiger partial charge < -0.3 is 8.80 Å². The molecule has 0 spiro atoms. The zero-order valence-corrected chi connectivity index (χ0v) is 57.8. The molecule has 0 saturated heterocycles. The predicted molar refractivity (Wildman–Crippen MR) is 387 cm³/mol. The SMILES string of the molecule is CC(C)(C)c1cc(-c2ccc3c(c2)c2c4c5cc(-c6cc(C(C)(C)C)cc(C(C)(C)C)c6)ccc5n5c6cc(-c7ccc(C(C)(C)C)cc7C(C)(C)C)ccc6c(c6c7cc(-c8cc(C(C)(C)C)cc(C(C)(C)C)c8)ccc7n3c26)c45)cc(C(C)(C)C)c1. The molecule has 13 aromatic rings. The Hall–Kier alpha value is -7.42. The Morgan fingerprint density at radius 3 is 0.807 bits per heavy atom. The van der Waals surface area contributed by atoms with Crippen LogP contribution in [-0.4, -0.2) is 8.80 Å². The number of benzene rings is 9. The van der Waals surface area contributed by atoms with Crippen molar-refractivity contribution in [3.63, 3.8) is 0 Å². The summed E-state index contributed by atoms with van der Waals surface area (Å²) in [4.78, 5) is 0. The second-order valence-electron chi connectivity index (χ2n) is 35.0. The molecule has 0 aliphatic carbocycles. The first-order valence-electron chi connectivity index (χ1n) is 32.7. The van der Waals surface area contributed by atoms with Crippen LogP contribution in [0.25, 0.3) is 121 Å². The summed E-state index contributed by atoms with van der Waals surface area (Å²) in [5, 5.41) is 10.5. The minimum absolute atomic E-state index is 0.0171. The lowest BCUT2D eigenvalue weighted by Gasteiger charge is -2.27. The van der Waals surface area contributed by atoms with Gasteiger partial charge in [-0.15, -0.1) is 0 Å². The summed E-state index contributed by atoms with van der Waals surface area (Å²) in [5.74, 6) is 0. The lowest BCUT2D eigenvalue weighted by molar-refractivity contribution is 0.568. The van der Waals surface area contributed by atoms with E-state index in [9.17, 15) is 0 Å². The molecule has 2 nitrogen and oxygen atoms in total. The fourth-order valence-electron chi connectivity index (χ4n) is 14.3. The van der Waals surface area contributed by atoms with Crippen LogP contribution in [0.1, 0.15) is 211 Å². The molecular formula is C86H96N2. The maximum atomic E-state index is 2.69. The largest absolute Gasteiger partial charge is 0.308 e. The van der Waals surface area contributed by atoms with Crippen LogP contribution >= 0.6 is 0 Å². The molecule has 4 heterocycles. The van der Waals surface area contributed by atoms with Gasteiger partial charge in [0.1, 0.15) is 0 Å². The lowest BCUT2D eigenvalue weighted by Crippen LogP contribution is -2.17. The van der Waals surface area contributed by atoms with Crippen LogP contribution in [0, 0.1) is 0 Å². The van der Waals surface area contributed by atoms with E-state index in [2.05, 4.69) is 321 Å². The second-order valence-corrected chi connectivity index (χ2v) is 35.0. The van der Waals surface area contributed by atoms with E-state index in [0.717, 1.165) is 0 Å². The molecule has 0 aliphatic heterocycles. The number of fused-ring (bicyclic) bond motifs is 14. The van der Waals surface area contributed by atoms with Crippen LogP contribution < -0.4 is 0 Å². The van der Waals surface area contributed by atoms with E-state index < -0.39 is 0 Å². The van der Waals surface area contributed by atoms with Crippen LogP contribution in [0.3, 0.4) is 0 Å². The van der Waals surface area contributed by atoms with E-state index in [1.54, 1.807) is 0 Å². The highest BCUT2D eigenvalue weighted by Crippen LogP contribution is 2.54. The highest BCUT2D eigenvalue weighted by molar-refractivity contribution is 6.45. The van der Waals surface area contributed by atoms with Crippen molar-refractivity contribution >= 4 is 76.2 Å². The number of aromatic nitrogens is 2. The van der Waals surface area contributed by atoms with Gasteiger partial charge in [0, 0.05) is 43.1 Å². The smallest absolute Gasteiger partial charge is 0.0634 e. The Morgan fingerprint density at radius 2 is 0.500 bits per heavy atom. The molecule has 0 fully saturated rings. The summed E-state index contributed by atoms with van der Waals surface area (Å²) >= 11 is 0. The van der Waals surface area contributed by atoms with Crippen LogP contribution in [0.15, 0.2) is 146 Å². The molecule has 0 radical (unpaired) electrons. The number of hydrogen-bond donors (Lipinski definition) is 0. The van der Waals surface area contributed by atoms with Crippen molar-refractivity contribution in [2.24, 2.45) is 0 Å². The summed E-state index contributed by atoms with van der Waals surface area (Å²) in [6, 6.07) is 59.2. The first-order valence-corrected chi connectivity index (χ1v) is 32.7. The average molecular weight is 1160 g/mol. The Bertz CT molecular complexity index is 4900. The summed E-state index contributed by atoms with van der Waals surface area (Å²) < 4.78 is 5.34. The van der Waals surface area contributed by atoms with Crippen molar-refractivity contribution < 1.29 is 0 Å². The zero-order valence-electron chi connectivity index (χ0n) is 57.8. The van der Waals surface area contributed by atoms with Gasteiger partial charge in [-0.2, -0.15) is 0 Å². The third kappa shape index (κ3) is 9.63. The van der Waals surface area contributed by atoms with E-state index >= 15 is 0 Å². The summed E-state index contributed by atoms with van der Waals surface area (Å²) in [6.45, 7) is 56.5. The van der Waals surface area contributed by atoms with E-state index in [0.29, 0.717) is 0 Å². The van der Waals surface area contributed by atoms with Gasteiger partial charge in [-0.1, -0.05) is 269 Å². The van der Waals surface area contributed by atoms with Gasteiger partial charge in [0.05, 0.1) is 33.1 Å². The quantitative estimate of drug-likeness (QED) is 0.166. The van der Waals surface area contributed by atoms with E-state index in [1.165, 1.54) is 165 Å². The maximum absolute atomic E-state index is 2.69. The van der Waals surface area contributed by atoms with Crippen LogP contribution in [0.2, 0.25) is 0 Å². The third-order valence-electron chi connectivity index (χ3n) is 19.9. The van der Waals surface area contributed by atoms with E-state index in [1.807, 2.05) is 0 Å². The maximum Gasteiger partial charge on any atom is 0.0634 e. The molecule has 9 aromatic carbocycles. The van der Waals surface area contributed by atoms with Crippen molar-refractivity contribution in [1.29, 1.82) is 0 Å². The van der Waals surface area contributed by atoms with Gasteiger partial charge >= 0.3 is 0 Å². The van der Waals surface area contributed by atoms with Crippen molar-refractivity contribution in [2.75, 3.05) is 0 Å². The highest BCUT2D eigenvalue weighted by atomic mass is 14.9. The molecule has 0 aliphatic rings. The third-order valence-corrected chi connectivity index (χ3v) is 19.9. The van der Waals surface area contributed by atoms with Gasteiger partial charge in [-0.05, 0) is 175 Å². The fraction of sp³-hybridized carbons (Fsp3) is 0.372. The molecule has 0 unspecified atom stereocenters. The first-order chi connectivity index (χ1) is 40.7. The Kier molecular flexibility index (Phi) is 12.9. The molecule has 0 atom stereocenters. The highest BCUT2D eigenvalue weighted by Gasteiger charge is 2.32. The van der Waals surface area contributed by atoms with Gasteiger partial charge in [0.2, 0.25) is 0 Å². The van der Waals surface area contributed by atoms with Crippen molar-refractivity contribution in [3.05, 3.63) is 190 Å². The van der Waals surface area contributed by atoms with E-state index in [4.69, 9.17) is 0 Å². The molecule has 13 rings (SSSR count). The second kappa shape index (κ2) is 19.1. The standard InChI is InChI=1S/C86H96N2/c1-79(2,3)56-29-31-63(68(48-56)86(22,23)24)52-25-30-64-72(44-52)88-71-34-28-51(55-39-61(84(16,17)18)47-62(40-55)85(19,20)21)43-67(71)75-76-66-42-50(54-37-59(82(10,11)12)46-60(38-54)83(13,14)15)27-33-70(66)87-69-32-26-49(41-65(69)74(78(76)87)73(64)77(75)88)53-35-57(80(4,5)6)45-58(36-53)81(7,8)9/h25-48H,1-24H3. The van der Waals surface area contributed by atoms with Gasteiger partial charge in [0.25, 0.3) is 0 Å². The molecule has 0 bridgehead atoms. The Labute approximate surface area is 526 Å². The lowest BCUT2D eigenvalue weighted by atomic mass is 9.77. The molecule has 0 saturated carbocycles. The number of hydrogen-bond acceptors (Lipinski definition) is 0. The fourth-order valence-corrected chi connectivity index (χ4v) is 14.3. The summed E-state index contributed by atoms with van der Waals surface area (Å²) in [5.41, 5.74) is 28.5. The van der Waals surface area contributed by atoms with Crippen LogP contribution in [0.5, 0.6) is 0 Å². The molecular weight excluding hydrogens is 1060 g/mol. The van der Waals surface area contributed by atoms with Crippen LogP contribution in [0.4, 0.5) is 0 Å². The molecule has 88 heavy (non-hydrogen) atoms. The summed E-state index contributed by atoms with van der Waals surface area (Å²) in [7, 11) is 0. The van der Waals surface area contributed by atoms with Crippen molar-refractivity contribution in [1.82, 2.24) is 8.80 Å². The molecule has 2 heteroatoms. The van der Waals surface area contributed by atoms with Gasteiger partial charge in [-0.3, -0.25) is 0 Å². The molecule has 4 aromatic heterocycles. The average Bonchev–Trinajstić information content (AvgIpc) is 1.49. The topological polar surface area (TPSA) is 8.82 Å². The Morgan fingerprint density at radius 1 is 0.205 bits per heavy atom. The van der Waals surface area contributed by atoms with Crippen LogP contribution in [-0.2, 0) is 43.3 Å². The van der Waals surface area contributed by atoms with Gasteiger partial charge in [-0.25, -0.2) is 0 Å². The minimum atomic E-state index is -0.0776. The number of rotatable bonds is 4. The monoisotopic (exact) mass is 1160 g/mol. The van der Waals surface area contributed by atoms with E-state index in [-0.39, 0.29) is 43.3 Å². The minimum Gasteiger partial charge on any atom is -0.308 e. The molecule has 0 N–H and O–H groups in total. The molecule has 0 amide bonds. The van der Waals surface area contributed by atoms with Crippen molar-refractivity contribution in [2.45, 2.75) is 209 Å². The van der Waals surface area contributed by atoms with Crippen molar-refractivity contribution in [3.8, 4) is 44.5 Å². The summed E-state index contributed by atoms with van der Waals surface area (Å²) in [6.07, 6.45) is 0. The molecule has 450 valence electrons. The predicted octanol–water partition coefficient (Wildman–Crippen LogP) is 25.0. The zero-order chi connectivity index (χ0) is 63.4. The number of nitrogens with zero attached hydrogens (tertiary/aromatic N) is 2. The first kappa shape index (κ1) is 59.5. The Balaban J connectivity index is 1.23. The normalized spacial score (nSPS) is 13.9.